The second-order valence-corrected chi connectivity index (χ2v) is 7.61. The number of halogens is 1. The third-order valence-corrected chi connectivity index (χ3v) is 4.42. The van der Waals surface area contributed by atoms with E-state index in [2.05, 4.69) is 5.10 Å². The Hall–Kier alpha value is -1.76. The summed E-state index contributed by atoms with van der Waals surface area (Å²) < 4.78 is 19.7. The number of alkyl halides is 1. The molecule has 1 aliphatic rings. The number of carbonyl (C=O) groups is 1. The van der Waals surface area contributed by atoms with Gasteiger partial charge in [0.05, 0.1) is 12.8 Å². The number of esters is 1. The van der Waals surface area contributed by atoms with Crippen molar-refractivity contribution in [2.45, 2.75) is 52.2 Å². The number of methoxy groups -OCH3 is 1. The van der Waals surface area contributed by atoms with Crippen LogP contribution in [0.4, 0.5) is 4.39 Å². The van der Waals surface area contributed by atoms with Crippen molar-refractivity contribution in [1.29, 1.82) is 0 Å². The monoisotopic (exact) mass is 353 g/mol. The van der Waals surface area contributed by atoms with Crippen LogP contribution < -0.4 is 5.56 Å². The Morgan fingerprint density at radius 1 is 1.44 bits per heavy atom. The molecular formula is C18H28FN3O3. The second-order valence-electron chi connectivity index (χ2n) is 7.61. The normalized spacial score (nSPS) is 18.0. The maximum Gasteiger partial charge on any atom is 0.330 e. The van der Waals surface area contributed by atoms with E-state index in [0.29, 0.717) is 38.0 Å². The lowest BCUT2D eigenvalue weighted by molar-refractivity contribution is -0.145. The number of ether oxygens (including phenoxy) is 1. The fourth-order valence-corrected chi connectivity index (χ4v) is 3.23. The third kappa shape index (κ3) is 4.87. The van der Waals surface area contributed by atoms with E-state index in [4.69, 9.17) is 4.74 Å². The molecule has 0 aliphatic carbocycles. The first-order valence-corrected chi connectivity index (χ1v) is 8.71. The molecule has 1 unspecified atom stereocenters. The van der Waals surface area contributed by atoms with E-state index in [1.807, 2.05) is 18.7 Å². The molecule has 1 aliphatic heterocycles. The summed E-state index contributed by atoms with van der Waals surface area (Å²) in [6.45, 7) is 8.80. The van der Waals surface area contributed by atoms with E-state index in [1.54, 1.807) is 19.9 Å². The van der Waals surface area contributed by atoms with E-state index in [9.17, 15) is 14.0 Å². The zero-order valence-electron chi connectivity index (χ0n) is 15.7. The number of carbonyl (C=O) groups excluding carboxylic acids is 1. The molecule has 1 saturated heterocycles. The van der Waals surface area contributed by atoms with Gasteiger partial charge in [0.1, 0.15) is 5.67 Å². The van der Waals surface area contributed by atoms with Crippen LogP contribution in [0.2, 0.25) is 0 Å². The van der Waals surface area contributed by atoms with Crippen LogP contribution in [0.5, 0.6) is 0 Å². The summed E-state index contributed by atoms with van der Waals surface area (Å²) in [6, 6.07) is 1.02. The van der Waals surface area contributed by atoms with Gasteiger partial charge in [-0.25, -0.2) is 13.9 Å². The summed E-state index contributed by atoms with van der Waals surface area (Å²) in [4.78, 5) is 26.6. The van der Waals surface area contributed by atoms with Gasteiger partial charge in [-0.15, -0.1) is 0 Å². The first kappa shape index (κ1) is 19.6. The van der Waals surface area contributed by atoms with Crippen LogP contribution in [0.15, 0.2) is 10.9 Å². The standard InChI is InChI=1S/C18H28FN3O3/c1-12(2)8-15(17(24)25-5)22-16(23)13(3)9-14(20-22)6-7-21-10-18(4,19)11-21/h9,12,15H,6-8,10-11H2,1-5H3. The minimum atomic E-state index is -1.10. The van der Waals surface area contributed by atoms with Crippen molar-refractivity contribution in [2.24, 2.45) is 5.92 Å². The third-order valence-electron chi connectivity index (χ3n) is 4.42. The van der Waals surface area contributed by atoms with Crippen molar-refractivity contribution in [2.75, 3.05) is 26.7 Å². The largest absolute Gasteiger partial charge is 0.467 e. The molecule has 2 rings (SSSR count). The van der Waals surface area contributed by atoms with Gasteiger partial charge in [-0.2, -0.15) is 5.10 Å². The van der Waals surface area contributed by atoms with Crippen LogP contribution in [0.3, 0.4) is 0 Å². The Bertz CT molecular complexity index is 677. The number of aryl methyl sites for hydroxylation is 1. The summed E-state index contributed by atoms with van der Waals surface area (Å²) in [5.41, 5.74) is -0.112. The van der Waals surface area contributed by atoms with Crippen LogP contribution in [-0.2, 0) is 16.0 Å². The Balaban J connectivity index is 2.20. The molecule has 0 bridgehead atoms. The first-order valence-electron chi connectivity index (χ1n) is 8.71. The number of hydrogen-bond donors (Lipinski definition) is 0. The molecule has 1 fully saturated rings. The highest BCUT2D eigenvalue weighted by atomic mass is 19.1. The molecule has 0 amide bonds. The molecule has 0 spiro atoms. The molecule has 1 aromatic rings. The number of rotatable bonds is 7. The average Bonchev–Trinajstić information content (AvgIpc) is 2.50. The molecular weight excluding hydrogens is 325 g/mol. The molecule has 0 aromatic carbocycles. The van der Waals surface area contributed by atoms with Crippen molar-refractivity contribution in [3.8, 4) is 0 Å². The quantitative estimate of drug-likeness (QED) is 0.701. The van der Waals surface area contributed by atoms with Crippen molar-refractivity contribution in [3.05, 3.63) is 27.7 Å². The number of nitrogens with zero attached hydrogens (tertiary/aromatic N) is 3. The SMILES string of the molecule is COC(=O)C(CC(C)C)n1nc(CCN2CC(C)(F)C2)cc(C)c1=O. The van der Waals surface area contributed by atoms with Crippen LogP contribution in [0.1, 0.15) is 44.5 Å². The van der Waals surface area contributed by atoms with Gasteiger partial charge in [0.15, 0.2) is 6.04 Å². The van der Waals surface area contributed by atoms with Crippen LogP contribution >= 0.6 is 0 Å². The minimum Gasteiger partial charge on any atom is -0.467 e. The minimum absolute atomic E-state index is 0.213. The van der Waals surface area contributed by atoms with E-state index in [1.165, 1.54) is 11.8 Å². The number of likely N-dealkylation sites (tertiary alicyclic amines) is 1. The van der Waals surface area contributed by atoms with Gasteiger partial charge in [0.2, 0.25) is 0 Å². The van der Waals surface area contributed by atoms with Gasteiger partial charge in [0, 0.05) is 31.6 Å². The molecule has 7 heteroatoms. The molecule has 0 N–H and O–H groups in total. The topological polar surface area (TPSA) is 64.4 Å². The van der Waals surface area contributed by atoms with E-state index >= 15 is 0 Å². The molecule has 2 heterocycles. The van der Waals surface area contributed by atoms with E-state index < -0.39 is 17.7 Å². The lowest BCUT2D eigenvalue weighted by Gasteiger charge is -2.42. The summed E-state index contributed by atoms with van der Waals surface area (Å²) in [5, 5.41) is 4.41. The van der Waals surface area contributed by atoms with Crippen molar-refractivity contribution in [3.63, 3.8) is 0 Å². The Kier molecular flexibility index (Phi) is 5.98. The Morgan fingerprint density at radius 2 is 2.08 bits per heavy atom. The summed E-state index contributed by atoms with van der Waals surface area (Å²) >= 11 is 0. The molecule has 1 aromatic heterocycles. The Morgan fingerprint density at radius 3 is 2.60 bits per heavy atom. The predicted molar refractivity (Wildman–Crippen MR) is 93.4 cm³/mol. The predicted octanol–water partition coefficient (Wildman–Crippen LogP) is 1.90. The molecule has 1 atom stereocenters. The van der Waals surface area contributed by atoms with Crippen molar-refractivity contribution < 1.29 is 13.9 Å². The smallest absolute Gasteiger partial charge is 0.330 e. The fourth-order valence-electron chi connectivity index (χ4n) is 3.23. The van der Waals surface area contributed by atoms with Crippen LogP contribution in [-0.4, -0.2) is 53.1 Å². The van der Waals surface area contributed by atoms with E-state index in [0.717, 1.165) is 5.69 Å². The van der Waals surface area contributed by atoms with E-state index in [-0.39, 0.29) is 11.5 Å². The fraction of sp³-hybridized carbons (Fsp3) is 0.722. The van der Waals surface area contributed by atoms with Crippen molar-refractivity contribution in [1.82, 2.24) is 14.7 Å². The molecule has 6 nitrogen and oxygen atoms in total. The van der Waals surface area contributed by atoms with Gasteiger partial charge >= 0.3 is 5.97 Å². The zero-order chi connectivity index (χ0) is 18.8. The lowest BCUT2D eigenvalue weighted by atomic mass is 9.99. The number of hydrogen-bond acceptors (Lipinski definition) is 5. The van der Waals surface area contributed by atoms with Gasteiger partial charge in [-0.1, -0.05) is 13.8 Å². The maximum absolute atomic E-state index is 13.6. The number of aromatic nitrogens is 2. The van der Waals surface area contributed by atoms with Crippen LogP contribution in [0.25, 0.3) is 0 Å². The summed E-state index contributed by atoms with van der Waals surface area (Å²) in [7, 11) is 1.31. The molecule has 0 radical (unpaired) electrons. The summed E-state index contributed by atoms with van der Waals surface area (Å²) in [5.74, 6) is -0.249. The van der Waals surface area contributed by atoms with Crippen LogP contribution in [0, 0.1) is 12.8 Å². The molecule has 140 valence electrons. The zero-order valence-corrected chi connectivity index (χ0v) is 15.7. The van der Waals surface area contributed by atoms with Gasteiger partial charge in [-0.3, -0.25) is 9.69 Å². The maximum atomic E-state index is 13.6. The van der Waals surface area contributed by atoms with Gasteiger partial charge in [0.25, 0.3) is 5.56 Å². The lowest BCUT2D eigenvalue weighted by Crippen LogP contribution is -2.57. The highest BCUT2D eigenvalue weighted by Gasteiger charge is 2.38. The molecule has 25 heavy (non-hydrogen) atoms. The van der Waals surface area contributed by atoms with Gasteiger partial charge in [-0.05, 0) is 32.3 Å². The average molecular weight is 353 g/mol. The highest BCUT2D eigenvalue weighted by molar-refractivity contribution is 5.73. The van der Waals surface area contributed by atoms with Gasteiger partial charge < -0.3 is 4.74 Å². The molecule has 0 saturated carbocycles. The summed E-state index contributed by atoms with van der Waals surface area (Å²) in [6.07, 6.45) is 1.08. The Labute approximate surface area is 148 Å². The van der Waals surface area contributed by atoms with Crippen molar-refractivity contribution >= 4 is 5.97 Å². The first-order chi connectivity index (χ1) is 11.6. The highest BCUT2D eigenvalue weighted by Crippen LogP contribution is 2.24. The second kappa shape index (κ2) is 7.64.